The highest BCUT2D eigenvalue weighted by molar-refractivity contribution is 4.82. The van der Waals surface area contributed by atoms with Gasteiger partial charge >= 0.3 is 0 Å². The van der Waals surface area contributed by atoms with Gasteiger partial charge in [-0.25, -0.2) is 0 Å². The molecule has 1 aliphatic rings. The maximum absolute atomic E-state index is 8.71. The van der Waals surface area contributed by atoms with Crippen molar-refractivity contribution < 1.29 is 14.6 Å². The van der Waals surface area contributed by atoms with Crippen molar-refractivity contribution in [2.45, 2.75) is 19.4 Å². The van der Waals surface area contributed by atoms with Gasteiger partial charge in [0.2, 0.25) is 0 Å². The molecule has 1 rings (SSSR count). The van der Waals surface area contributed by atoms with E-state index in [1.807, 2.05) is 13.8 Å². The highest BCUT2D eigenvalue weighted by Crippen LogP contribution is 2.21. The molecule has 0 aromatic heterocycles. The summed E-state index contributed by atoms with van der Waals surface area (Å²) in [5.41, 5.74) is -0.0799. The van der Waals surface area contributed by atoms with E-state index in [4.69, 9.17) is 14.6 Å². The Hall–Kier alpha value is -0.120. The Morgan fingerprint density at radius 2 is 2.27 bits per heavy atom. The van der Waals surface area contributed by atoms with E-state index in [2.05, 4.69) is 0 Å². The number of hydrogen-bond acceptors (Lipinski definition) is 3. The van der Waals surface area contributed by atoms with Crippen LogP contribution in [0.2, 0.25) is 0 Å². The molecule has 66 valence electrons. The zero-order valence-corrected chi connectivity index (χ0v) is 7.17. The standard InChI is InChI=1S/C8H16O3/c1-7(3-9)4-11-8(2)5-10-6-8/h7,9H,3-6H2,1-2H3. The largest absolute Gasteiger partial charge is 0.396 e. The maximum atomic E-state index is 8.71. The Bertz CT molecular complexity index is 121. The van der Waals surface area contributed by atoms with Gasteiger partial charge in [0.05, 0.1) is 19.8 Å². The van der Waals surface area contributed by atoms with Gasteiger partial charge in [-0.1, -0.05) is 6.92 Å². The number of ether oxygens (including phenoxy) is 2. The SMILES string of the molecule is CC(CO)COC1(C)COC1. The fraction of sp³-hybridized carbons (Fsp3) is 1.00. The van der Waals surface area contributed by atoms with E-state index in [1.165, 1.54) is 0 Å². The summed E-state index contributed by atoms with van der Waals surface area (Å²) in [5.74, 6) is 0.229. The van der Waals surface area contributed by atoms with E-state index in [-0.39, 0.29) is 18.1 Å². The first kappa shape index (κ1) is 8.97. The summed E-state index contributed by atoms with van der Waals surface area (Å²) >= 11 is 0. The molecule has 0 aromatic rings. The van der Waals surface area contributed by atoms with Crippen LogP contribution in [0.3, 0.4) is 0 Å². The highest BCUT2D eigenvalue weighted by Gasteiger charge is 2.34. The van der Waals surface area contributed by atoms with Crippen molar-refractivity contribution in [3.05, 3.63) is 0 Å². The zero-order chi connectivity index (χ0) is 8.32. The molecular weight excluding hydrogens is 144 g/mol. The van der Waals surface area contributed by atoms with Crippen LogP contribution in [-0.2, 0) is 9.47 Å². The smallest absolute Gasteiger partial charge is 0.112 e. The summed E-state index contributed by atoms with van der Waals surface area (Å²) in [4.78, 5) is 0. The number of rotatable bonds is 4. The van der Waals surface area contributed by atoms with Crippen LogP contribution in [0.25, 0.3) is 0 Å². The molecule has 0 aromatic carbocycles. The molecule has 1 heterocycles. The summed E-state index contributed by atoms with van der Waals surface area (Å²) < 4.78 is 10.5. The molecular formula is C8H16O3. The Morgan fingerprint density at radius 1 is 1.64 bits per heavy atom. The van der Waals surface area contributed by atoms with Crippen LogP contribution < -0.4 is 0 Å². The third-order valence-electron chi connectivity index (χ3n) is 1.84. The molecule has 0 spiro atoms. The Kier molecular flexibility index (Phi) is 2.87. The van der Waals surface area contributed by atoms with Gasteiger partial charge in [0.15, 0.2) is 0 Å². The molecule has 1 unspecified atom stereocenters. The van der Waals surface area contributed by atoms with Gasteiger partial charge < -0.3 is 14.6 Å². The molecule has 1 N–H and O–H groups in total. The third-order valence-corrected chi connectivity index (χ3v) is 1.84. The van der Waals surface area contributed by atoms with Gasteiger partial charge in [-0.05, 0) is 6.92 Å². The van der Waals surface area contributed by atoms with Crippen LogP contribution in [0.4, 0.5) is 0 Å². The van der Waals surface area contributed by atoms with Crippen LogP contribution >= 0.6 is 0 Å². The average Bonchev–Trinajstić information content (AvgIpc) is 1.96. The first-order valence-corrected chi connectivity index (χ1v) is 3.99. The lowest BCUT2D eigenvalue weighted by Gasteiger charge is -2.38. The molecule has 1 fully saturated rings. The van der Waals surface area contributed by atoms with Crippen LogP contribution in [0, 0.1) is 5.92 Å². The molecule has 1 atom stereocenters. The molecule has 1 aliphatic heterocycles. The molecule has 0 aliphatic carbocycles. The lowest BCUT2D eigenvalue weighted by Crippen LogP contribution is -2.49. The Balaban J connectivity index is 2.11. The van der Waals surface area contributed by atoms with Crippen LogP contribution in [0.1, 0.15) is 13.8 Å². The van der Waals surface area contributed by atoms with E-state index in [0.717, 1.165) is 0 Å². The average molecular weight is 160 g/mol. The van der Waals surface area contributed by atoms with Gasteiger partial charge in [-0.3, -0.25) is 0 Å². The van der Waals surface area contributed by atoms with Gasteiger partial charge in [-0.2, -0.15) is 0 Å². The fourth-order valence-corrected chi connectivity index (χ4v) is 0.869. The first-order chi connectivity index (χ1) is 5.16. The van der Waals surface area contributed by atoms with Crippen LogP contribution in [0.15, 0.2) is 0 Å². The zero-order valence-electron chi connectivity index (χ0n) is 7.17. The maximum Gasteiger partial charge on any atom is 0.112 e. The minimum atomic E-state index is -0.0799. The Morgan fingerprint density at radius 3 is 2.64 bits per heavy atom. The normalized spacial score (nSPS) is 24.3. The van der Waals surface area contributed by atoms with Crippen molar-refractivity contribution >= 4 is 0 Å². The number of aliphatic hydroxyl groups is 1. The third kappa shape index (κ3) is 2.43. The second-order valence-corrected chi connectivity index (χ2v) is 3.54. The van der Waals surface area contributed by atoms with E-state index >= 15 is 0 Å². The summed E-state index contributed by atoms with van der Waals surface area (Å²) in [7, 11) is 0. The van der Waals surface area contributed by atoms with E-state index in [9.17, 15) is 0 Å². The minimum absolute atomic E-state index is 0.0799. The van der Waals surface area contributed by atoms with Crippen molar-refractivity contribution in [1.82, 2.24) is 0 Å². The molecule has 3 nitrogen and oxygen atoms in total. The fourth-order valence-electron chi connectivity index (χ4n) is 0.869. The first-order valence-electron chi connectivity index (χ1n) is 3.99. The lowest BCUT2D eigenvalue weighted by molar-refractivity contribution is -0.204. The molecule has 0 bridgehead atoms. The summed E-state index contributed by atoms with van der Waals surface area (Å²) in [6, 6.07) is 0. The Labute approximate surface area is 67.3 Å². The lowest BCUT2D eigenvalue weighted by atomic mass is 10.1. The van der Waals surface area contributed by atoms with E-state index in [1.54, 1.807) is 0 Å². The second-order valence-electron chi connectivity index (χ2n) is 3.54. The summed E-state index contributed by atoms with van der Waals surface area (Å²) in [6.07, 6.45) is 0. The van der Waals surface area contributed by atoms with E-state index < -0.39 is 0 Å². The van der Waals surface area contributed by atoms with Crippen LogP contribution in [0.5, 0.6) is 0 Å². The monoisotopic (exact) mass is 160 g/mol. The number of hydrogen-bond donors (Lipinski definition) is 1. The molecule has 3 heteroatoms. The summed E-state index contributed by atoms with van der Waals surface area (Å²) in [6.45, 7) is 6.17. The molecule has 11 heavy (non-hydrogen) atoms. The molecule has 1 saturated heterocycles. The topological polar surface area (TPSA) is 38.7 Å². The van der Waals surface area contributed by atoms with Gasteiger partial charge in [-0.15, -0.1) is 0 Å². The van der Waals surface area contributed by atoms with E-state index in [0.29, 0.717) is 19.8 Å². The van der Waals surface area contributed by atoms with Crippen molar-refractivity contribution in [3.8, 4) is 0 Å². The van der Waals surface area contributed by atoms with Crippen molar-refractivity contribution in [2.75, 3.05) is 26.4 Å². The number of aliphatic hydroxyl groups excluding tert-OH is 1. The minimum Gasteiger partial charge on any atom is -0.396 e. The molecule has 0 radical (unpaired) electrons. The quantitative estimate of drug-likeness (QED) is 0.647. The molecule has 0 saturated carbocycles. The summed E-state index contributed by atoms with van der Waals surface area (Å²) in [5, 5.41) is 8.71. The van der Waals surface area contributed by atoms with Gasteiger partial charge in [0.1, 0.15) is 5.60 Å². The predicted molar refractivity (Wildman–Crippen MR) is 41.4 cm³/mol. The predicted octanol–water partition coefficient (Wildman–Crippen LogP) is 0.420. The van der Waals surface area contributed by atoms with Crippen molar-refractivity contribution in [2.24, 2.45) is 5.92 Å². The second kappa shape index (κ2) is 3.52. The molecule has 0 amide bonds. The van der Waals surface area contributed by atoms with Crippen LogP contribution in [-0.4, -0.2) is 37.1 Å². The van der Waals surface area contributed by atoms with Gasteiger partial charge in [0.25, 0.3) is 0 Å². The van der Waals surface area contributed by atoms with Crippen molar-refractivity contribution in [3.63, 3.8) is 0 Å². The van der Waals surface area contributed by atoms with Crippen molar-refractivity contribution in [1.29, 1.82) is 0 Å². The van der Waals surface area contributed by atoms with Gasteiger partial charge in [0, 0.05) is 12.5 Å². The highest BCUT2D eigenvalue weighted by atomic mass is 16.6.